The standard InChI is InChI=1S/C24H25BrClN5O4/c1-4-10-34-23(32)20-14(3)27-24-28-29-30-31(24)21(20)16-11-18(25)22(19(12-16)33-5-2)35-13-15-6-8-17(26)9-7-15/h6-9,11-12,21H,4-5,10,13H2,1-3H3,(H,27,28,30). The normalized spacial score (nSPS) is 14.8. The first-order valence-corrected chi connectivity index (χ1v) is 12.4. The van der Waals surface area contributed by atoms with Crippen molar-refractivity contribution < 1.29 is 19.0 Å². The summed E-state index contributed by atoms with van der Waals surface area (Å²) in [6.07, 6.45) is 0.714. The monoisotopic (exact) mass is 561 g/mol. The van der Waals surface area contributed by atoms with Crippen molar-refractivity contribution in [3.05, 3.63) is 68.3 Å². The number of halogens is 2. The van der Waals surface area contributed by atoms with E-state index in [0.29, 0.717) is 64.5 Å². The van der Waals surface area contributed by atoms with Crippen molar-refractivity contribution in [2.75, 3.05) is 18.5 Å². The number of rotatable bonds is 9. The van der Waals surface area contributed by atoms with Crippen LogP contribution in [0.25, 0.3) is 0 Å². The first kappa shape index (κ1) is 25.0. The van der Waals surface area contributed by atoms with Gasteiger partial charge >= 0.3 is 5.97 Å². The third kappa shape index (κ3) is 5.43. The Bertz CT molecular complexity index is 1250. The molecule has 0 bridgehead atoms. The largest absolute Gasteiger partial charge is 0.490 e. The number of aromatic nitrogens is 4. The number of allylic oxidation sites excluding steroid dienone is 1. The zero-order valence-electron chi connectivity index (χ0n) is 19.5. The molecule has 1 unspecified atom stereocenters. The fraction of sp³-hybridized carbons (Fsp3) is 0.333. The molecule has 0 saturated carbocycles. The molecule has 2 heterocycles. The number of benzene rings is 2. The third-order valence-electron chi connectivity index (χ3n) is 5.32. The molecule has 11 heteroatoms. The maximum absolute atomic E-state index is 13.0. The maximum Gasteiger partial charge on any atom is 0.338 e. The fourth-order valence-electron chi connectivity index (χ4n) is 3.74. The highest BCUT2D eigenvalue weighted by molar-refractivity contribution is 9.10. The van der Waals surface area contributed by atoms with Gasteiger partial charge in [0.25, 0.3) is 0 Å². The molecule has 1 aliphatic heterocycles. The lowest BCUT2D eigenvalue weighted by molar-refractivity contribution is -0.139. The molecule has 1 aliphatic rings. The van der Waals surface area contributed by atoms with Crippen LogP contribution in [-0.4, -0.2) is 39.4 Å². The predicted octanol–water partition coefficient (Wildman–Crippen LogP) is 5.31. The van der Waals surface area contributed by atoms with E-state index in [1.54, 1.807) is 11.6 Å². The van der Waals surface area contributed by atoms with Crippen LogP contribution in [-0.2, 0) is 16.1 Å². The summed E-state index contributed by atoms with van der Waals surface area (Å²) in [5.41, 5.74) is 2.74. The molecular formula is C24H25BrClN5O4. The van der Waals surface area contributed by atoms with E-state index in [1.165, 1.54) is 0 Å². The van der Waals surface area contributed by atoms with E-state index in [4.69, 9.17) is 25.8 Å². The molecule has 35 heavy (non-hydrogen) atoms. The zero-order chi connectivity index (χ0) is 24.9. The minimum Gasteiger partial charge on any atom is -0.490 e. The second-order valence-electron chi connectivity index (χ2n) is 7.83. The van der Waals surface area contributed by atoms with Crippen LogP contribution in [0.3, 0.4) is 0 Å². The number of nitrogens with zero attached hydrogens (tertiary/aromatic N) is 4. The average molecular weight is 563 g/mol. The molecule has 1 aromatic heterocycles. The minimum atomic E-state index is -0.619. The minimum absolute atomic E-state index is 0.316. The van der Waals surface area contributed by atoms with E-state index >= 15 is 0 Å². The number of ether oxygens (including phenoxy) is 3. The van der Waals surface area contributed by atoms with Crippen LogP contribution in [0.15, 0.2) is 52.1 Å². The Morgan fingerprint density at radius 1 is 1.20 bits per heavy atom. The Balaban J connectivity index is 1.73. The second-order valence-corrected chi connectivity index (χ2v) is 9.12. The lowest BCUT2D eigenvalue weighted by atomic mass is 9.95. The number of esters is 1. The Hall–Kier alpha value is -3.11. The van der Waals surface area contributed by atoms with Gasteiger partial charge in [-0.05, 0) is 82.0 Å². The molecule has 0 fully saturated rings. The van der Waals surface area contributed by atoms with Gasteiger partial charge in [-0.3, -0.25) is 0 Å². The van der Waals surface area contributed by atoms with Gasteiger partial charge < -0.3 is 19.5 Å². The highest BCUT2D eigenvalue weighted by Crippen LogP contribution is 2.43. The van der Waals surface area contributed by atoms with Crippen LogP contribution in [0.5, 0.6) is 11.5 Å². The molecule has 1 N–H and O–H groups in total. The fourth-order valence-corrected chi connectivity index (χ4v) is 4.44. The molecule has 3 aromatic rings. The quantitative estimate of drug-likeness (QED) is 0.350. The first-order chi connectivity index (χ1) is 16.9. The van der Waals surface area contributed by atoms with Gasteiger partial charge in [-0.25, -0.2) is 4.79 Å². The highest BCUT2D eigenvalue weighted by Gasteiger charge is 2.36. The van der Waals surface area contributed by atoms with Gasteiger partial charge in [0.1, 0.15) is 12.6 Å². The molecule has 2 aromatic carbocycles. The lowest BCUT2D eigenvalue weighted by Crippen LogP contribution is -2.30. The van der Waals surface area contributed by atoms with E-state index in [9.17, 15) is 4.79 Å². The average Bonchev–Trinajstić information content (AvgIpc) is 3.30. The van der Waals surface area contributed by atoms with Gasteiger partial charge in [0.2, 0.25) is 5.95 Å². The Labute approximate surface area is 216 Å². The van der Waals surface area contributed by atoms with Crippen LogP contribution in [0.2, 0.25) is 5.02 Å². The van der Waals surface area contributed by atoms with Crippen molar-refractivity contribution in [1.82, 2.24) is 20.2 Å². The number of fused-ring (bicyclic) bond motifs is 1. The number of hydrogen-bond donors (Lipinski definition) is 1. The summed E-state index contributed by atoms with van der Waals surface area (Å²) in [5, 5.41) is 15.7. The van der Waals surface area contributed by atoms with Crippen LogP contribution < -0.4 is 14.8 Å². The summed E-state index contributed by atoms with van der Waals surface area (Å²) in [5.74, 6) is 1.07. The van der Waals surface area contributed by atoms with Crippen LogP contribution in [0.1, 0.15) is 44.4 Å². The van der Waals surface area contributed by atoms with Gasteiger partial charge in [-0.1, -0.05) is 35.8 Å². The molecule has 0 radical (unpaired) electrons. The smallest absolute Gasteiger partial charge is 0.338 e. The summed E-state index contributed by atoms with van der Waals surface area (Å²) in [6, 6.07) is 10.5. The van der Waals surface area contributed by atoms with Gasteiger partial charge in [-0.2, -0.15) is 4.68 Å². The Kier molecular flexibility index (Phi) is 7.92. The lowest BCUT2D eigenvalue weighted by Gasteiger charge is -2.28. The van der Waals surface area contributed by atoms with Crippen molar-refractivity contribution in [1.29, 1.82) is 0 Å². The molecule has 4 rings (SSSR count). The molecule has 0 amide bonds. The van der Waals surface area contributed by atoms with Crippen molar-refractivity contribution in [3.8, 4) is 11.5 Å². The van der Waals surface area contributed by atoms with E-state index in [2.05, 4.69) is 36.8 Å². The number of carbonyl (C=O) groups is 1. The predicted molar refractivity (Wildman–Crippen MR) is 135 cm³/mol. The van der Waals surface area contributed by atoms with Crippen LogP contribution in [0, 0.1) is 0 Å². The summed E-state index contributed by atoms with van der Waals surface area (Å²) < 4.78 is 19.7. The van der Waals surface area contributed by atoms with E-state index in [1.807, 2.05) is 50.2 Å². The summed E-state index contributed by atoms with van der Waals surface area (Å²) in [4.78, 5) is 13.0. The Morgan fingerprint density at radius 2 is 1.97 bits per heavy atom. The van der Waals surface area contributed by atoms with Crippen molar-refractivity contribution in [2.24, 2.45) is 0 Å². The molecule has 0 spiro atoms. The van der Waals surface area contributed by atoms with Gasteiger partial charge in [0, 0.05) is 10.7 Å². The highest BCUT2D eigenvalue weighted by atomic mass is 79.9. The van der Waals surface area contributed by atoms with E-state index in [0.717, 1.165) is 11.1 Å². The number of tetrazole rings is 1. The first-order valence-electron chi connectivity index (χ1n) is 11.2. The van der Waals surface area contributed by atoms with Crippen molar-refractivity contribution in [2.45, 2.75) is 39.8 Å². The molecule has 0 saturated heterocycles. The second kappa shape index (κ2) is 11.1. The molecule has 184 valence electrons. The van der Waals surface area contributed by atoms with Gasteiger partial charge in [0.05, 0.1) is 23.3 Å². The topological polar surface area (TPSA) is 100 Å². The van der Waals surface area contributed by atoms with Crippen molar-refractivity contribution >= 4 is 39.4 Å². The number of nitrogens with one attached hydrogen (secondary N) is 1. The molecular weight excluding hydrogens is 538 g/mol. The van der Waals surface area contributed by atoms with Crippen LogP contribution in [0.4, 0.5) is 5.95 Å². The van der Waals surface area contributed by atoms with Crippen LogP contribution >= 0.6 is 27.5 Å². The summed E-state index contributed by atoms with van der Waals surface area (Å²) in [6.45, 7) is 6.71. The molecule has 0 aliphatic carbocycles. The SMILES string of the molecule is CCCOC(=O)C1=C(C)Nc2nnnn2C1c1cc(Br)c(OCc2ccc(Cl)cc2)c(OCC)c1. The Morgan fingerprint density at radius 3 is 2.69 bits per heavy atom. The van der Waals surface area contributed by atoms with Crippen molar-refractivity contribution in [3.63, 3.8) is 0 Å². The number of anilines is 1. The molecule has 1 atom stereocenters. The summed E-state index contributed by atoms with van der Waals surface area (Å²) in [7, 11) is 0. The number of carbonyl (C=O) groups excluding carboxylic acids is 1. The summed E-state index contributed by atoms with van der Waals surface area (Å²) >= 11 is 9.62. The van der Waals surface area contributed by atoms with Gasteiger partial charge in [-0.15, -0.1) is 0 Å². The third-order valence-corrected chi connectivity index (χ3v) is 6.16. The zero-order valence-corrected chi connectivity index (χ0v) is 21.9. The molecule has 9 nitrogen and oxygen atoms in total. The van der Waals surface area contributed by atoms with E-state index in [-0.39, 0.29) is 0 Å². The van der Waals surface area contributed by atoms with E-state index < -0.39 is 12.0 Å². The maximum atomic E-state index is 13.0. The number of hydrogen-bond acceptors (Lipinski definition) is 8. The van der Waals surface area contributed by atoms with Gasteiger partial charge in [0.15, 0.2) is 11.5 Å².